The summed E-state index contributed by atoms with van der Waals surface area (Å²) in [4.78, 5) is 23.1. The molecular formula is C14H12F3NO3. The summed E-state index contributed by atoms with van der Waals surface area (Å²) in [5.41, 5.74) is -3.00. The second-order valence-corrected chi connectivity index (χ2v) is 5.60. The van der Waals surface area contributed by atoms with Crippen molar-refractivity contribution in [2.75, 3.05) is 0 Å². The van der Waals surface area contributed by atoms with Crippen LogP contribution < -0.4 is 5.43 Å². The number of carbonyl (C=O) groups is 1. The molecule has 0 spiro atoms. The number of hydrogen-bond acceptors (Lipinski definition) is 2. The maximum atomic E-state index is 14.0. The monoisotopic (exact) mass is 299 g/mol. The van der Waals surface area contributed by atoms with Gasteiger partial charge in [0.1, 0.15) is 5.56 Å². The van der Waals surface area contributed by atoms with Gasteiger partial charge in [-0.15, -0.1) is 0 Å². The van der Waals surface area contributed by atoms with Gasteiger partial charge >= 0.3 is 5.97 Å². The largest absolute Gasteiger partial charge is 0.477 e. The fourth-order valence-corrected chi connectivity index (χ4v) is 2.07. The second kappa shape index (κ2) is 4.61. The first-order valence-electron chi connectivity index (χ1n) is 6.02. The van der Waals surface area contributed by atoms with Crippen molar-refractivity contribution in [3.05, 3.63) is 45.5 Å². The Balaban J connectivity index is 3.15. The number of carboxylic acid groups (broad SMARTS) is 1. The lowest BCUT2D eigenvalue weighted by Gasteiger charge is -2.26. The third-order valence-electron chi connectivity index (χ3n) is 3.08. The van der Waals surface area contributed by atoms with Crippen molar-refractivity contribution in [1.82, 2.24) is 4.57 Å². The summed E-state index contributed by atoms with van der Waals surface area (Å²) < 4.78 is 41.9. The molecule has 21 heavy (non-hydrogen) atoms. The summed E-state index contributed by atoms with van der Waals surface area (Å²) >= 11 is 0. The lowest BCUT2D eigenvalue weighted by molar-refractivity contribution is 0.0694. The van der Waals surface area contributed by atoms with Crippen LogP contribution in [0.15, 0.2) is 17.1 Å². The highest BCUT2D eigenvalue weighted by atomic mass is 19.2. The van der Waals surface area contributed by atoms with Gasteiger partial charge in [0.25, 0.3) is 0 Å². The molecule has 0 unspecified atom stereocenters. The molecule has 0 atom stereocenters. The quantitative estimate of drug-likeness (QED) is 0.824. The van der Waals surface area contributed by atoms with Gasteiger partial charge in [0.15, 0.2) is 17.5 Å². The second-order valence-electron chi connectivity index (χ2n) is 5.60. The van der Waals surface area contributed by atoms with E-state index in [2.05, 4.69) is 0 Å². The Morgan fingerprint density at radius 2 is 1.76 bits per heavy atom. The van der Waals surface area contributed by atoms with Gasteiger partial charge in [-0.2, -0.15) is 0 Å². The fourth-order valence-electron chi connectivity index (χ4n) is 2.07. The maximum Gasteiger partial charge on any atom is 0.341 e. The molecule has 0 aliphatic rings. The van der Waals surface area contributed by atoms with Crippen LogP contribution in [-0.4, -0.2) is 15.6 Å². The van der Waals surface area contributed by atoms with Gasteiger partial charge in [0.05, 0.1) is 10.9 Å². The average Bonchev–Trinajstić information content (AvgIpc) is 2.35. The van der Waals surface area contributed by atoms with Crippen molar-refractivity contribution in [1.29, 1.82) is 0 Å². The first kappa shape index (κ1) is 15.1. The van der Waals surface area contributed by atoms with Gasteiger partial charge in [-0.3, -0.25) is 4.79 Å². The van der Waals surface area contributed by atoms with E-state index in [1.807, 2.05) is 0 Å². The Kier molecular flexibility index (Phi) is 3.31. The molecule has 1 aromatic carbocycles. The highest BCUT2D eigenvalue weighted by Crippen LogP contribution is 2.26. The molecule has 4 nitrogen and oxygen atoms in total. The van der Waals surface area contributed by atoms with Crippen molar-refractivity contribution < 1.29 is 23.1 Å². The van der Waals surface area contributed by atoms with Crippen LogP contribution in [0.4, 0.5) is 13.2 Å². The van der Waals surface area contributed by atoms with Gasteiger partial charge in [0.2, 0.25) is 5.43 Å². The topological polar surface area (TPSA) is 59.3 Å². The molecule has 0 fully saturated rings. The number of rotatable bonds is 1. The summed E-state index contributed by atoms with van der Waals surface area (Å²) in [5, 5.41) is 8.52. The SMILES string of the molecule is CC(C)(C)n1cc(C(=O)O)c(=O)c2cc(F)c(F)c(F)c21. The normalized spacial score (nSPS) is 11.9. The summed E-state index contributed by atoms with van der Waals surface area (Å²) in [5.74, 6) is -6.29. The highest BCUT2D eigenvalue weighted by Gasteiger charge is 2.26. The number of halogens is 3. The van der Waals surface area contributed by atoms with Gasteiger partial charge in [0, 0.05) is 11.7 Å². The number of carboxylic acids is 1. The predicted octanol–water partition coefficient (Wildman–Crippen LogP) is 2.87. The molecule has 0 radical (unpaired) electrons. The Hall–Kier alpha value is -2.31. The zero-order valence-corrected chi connectivity index (χ0v) is 11.5. The lowest BCUT2D eigenvalue weighted by Crippen LogP contribution is -2.28. The van der Waals surface area contributed by atoms with Crippen molar-refractivity contribution in [3.8, 4) is 0 Å². The third-order valence-corrected chi connectivity index (χ3v) is 3.08. The van der Waals surface area contributed by atoms with Crippen LogP contribution in [0.25, 0.3) is 10.9 Å². The van der Waals surface area contributed by atoms with E-state index in [9.17, 15) is 22.8 Å². The third kappa shape index (κ3) is 2.28. The molecular weight excluding hydrogens is 287 g/mol. The smallest absolute Gasteiger partial charge is 0.341 e. The zero-order chi connectivity index (χ0) is 16.1. The molecule has 0 saturated carbocycles. The molecule has 1 heterocycles. The number of nitrogens with zero attached hydrogens (tertiary/aromatic N) is 1. The van der Waals surface area contributed by atoms with Crippen molar-refractivity contribution in [3.63, 3.8) is 0 Å². The number of benzene rings is 1. The molecule has 112 valence electrons. The maximum absolute atomic E-state index is 14.0. The highest BCUT2D eigenvalue weighted by molar-refractivity contribution is 5.92. The van der Waals surface area contributed by atoms with Crippen LogP contribution >= 0.6 is 0 Å². The minimum Gasteiger partial charge on any atom is -0.477 e. The van der Waals surface area contributed by atoms with E-state index in [4.69, 9.17) is 5.11 Å². The van der Waals surface area contributed by atoms with Gasteiger partial charge in [-0.05, 0) is 26.8 Å². The molecule has 0 bridgehead atoms. The van der Waals surface area contributed by atoms with Crippen LogP contribution in [0.3, 0.4) is 0 Å². The number of fused-ring (bicyclic) bond motifs is 1. The molecule has 2 rings (SSSR count). The van der Waals surface area contributed by atoms with Crippen LogP contribution in [0.2, 0.25) is 0 Å². The van der Waals surface area contributed by atoms with Crippen LogP contribution in [0.1, 0.15) is 31.1 Å². The number of hydrogen-bond donors (Lipinski definition) is 1. The zero-order valence-electron chi connectivity index (χ0n) is 11.5. The molecule has 7 heteroatoms. The Bertz CT molecular complexity index is 819. The van der Waals surface area contributed by atoms with E-state index in [0.29, 0.717) is 6.07 Å². The van der Waals surface area contributed by atoms with E-state index in [1.54, 1.807) is 20.8 Å². The number of pyridine rings is 1. The van der Waals surface area contributed by atoms with Crippen molar-refractivity contribution >= 4 is 16.9 Å². The van der Waals surface area contributed by atoms with E-state index < -0.39 is 50.9 Å². The van der Waals surface area contributed by atoms with Crippen molar-refractivity contribution in [2.24, 2.45) is 0 Å². The summed E-state index contributed by atoms with van der Waals surface area (Å²) in [6.45, 7) is 4.84. The van der Waals surface area contributed by atoms with Gasteiger partial charge < -0.3 is 9.67 Å². The lowest BCUT2D eigenvalue weighted by atomic mass is 10.0. The number of aromatic nitrogens is 1. The van der Waals surface area contributed by atoms with E-state index in [0.717, 1.165) is 10.8 Å². The van der Waals surface area contributed by atoms with Crippen LogP contribution in [0, 0.1) is 17.5 Å². The fraction of sp³-hybridized carbons (Fsp3) is 0.286. The number of aromatic carboxylic acids is 1. The van der Waals surface area contributed by atoms with Crippen LogP contribution in [0.5, 0.6) is 0 Å². The van der Waals surface area contributed by atoms with Gasteiger partial charge in [-0.25, -0.2) is 18.0 Å². The molecule has 0 saturated heterocycles. The molecule has 0 aliphatic heterocycles. The Morgan fingerprint density at radius 3 is 2.24 bits per heavy atom. The first-order valence-corrected chi connectivity index (χ1v) is 6.02. The molecule has 0 aliphatic carbocycles. The van der Waals surface area contributed by atoms with Crippen LogP contribution in [-0.2, 0) is 5.54 Å². The predicted molar refractivity (Wildman–Crippen MR) is 70.0 cm³/mol. The summed E-state index contributed by atoms with van der Waals surface area (Å²) in [7, 11) is 0. The van der Waals surface area contributed by atoms with E-state index in [1.165, 1.54) is 0 Å². The summed E-state index contributed by atoms with van der Waals surface area (Å²) in [6, 6.07) is 0.519. The first-order chi connectivity index (χ1) is 9.55. The van der Waals surface area contributed by atoms with E-state index >= 15 is 0 Å². The standard InChI is InChI=1S/C14H12F3NO3/c1-14(2,3)18-5-7(13(20)21)12(19)6-4-8(15)9(16)10(17)11(6)18/h4-5H,1-3H3,(H,20,21). The molecule has 1 aromatic heterocycles. The Labute approximate surface area is 117 Å². The Morgan fingerprint density at radius 1 is 1.19 bits per heavy atom. The molecule has 2 aromatic rings. The van der Waals surface area contributed by atoms with Gasteiger partial charge in [-0.1, -0.05) is 0 Å². The van der Waals surface area contributed by atoms with E-state index in [-0.39, 0.29) is 0 Å². The average molecular weight is 299 g/mol. The molecule has 0 amide bonds. The minimum atomic E-state index is -1.71. The molecule has 1 N–H and O–H groups in total. The minimum absolute atomic E-state index is 0.462. The van der Waals surface area contributed by atoms with Crippen molar-refractivity contribution in [2.45, 2.75) is 26.3 Å². The summed E-state index contributed by atoms with van der Waals surface area (Å²) in [6.07, 6.45) is 0.938.